The topological polar surface area (TPSA) is 78.7 Å². The van der Waals surface area contributed by atoms with Gasteiger partial charge in [-0.3, -0.25) is 9.69 Å². The fourth-order valence-electron chi connectivity index (χ4n) is 4.03. The molecule has 1 N–H and O–H groups in total. The minimum Gasteiger partial charge on any atom is -0.422 e. The normalized spacial score (nSPS) is 14.4. The summed E-state index contributed by atoms with van der Waals surface area (Å²) in [6.45, 7) is 6.68. The Bertz CT molecular complexity index is 1400. The zero-order valence-corrected chi connectivity index (χ0v) is 20.9. The number of nitrogens with zero attached hydrogens (tertiary/aromatic N) is 3. The van der Waals surface area contributed by atoms with E-state index in [1.165, 1.54) is 0 Å². The van der Waals surface area contributed by atoms with Gasteiger partial charge in [0.05, 0.1) is 10.2 Å². The molecule has 34 heavy (non-hydrogen) atoms. The predicted octanol–water partition coefficient (Wildman–Crippen LogP) is 4.34. The van der Waals surface area contributed by atoms with Crippen molar-refractivity contribution in [2.75, 3.05) is 44.2 Å². The average molecular weight is 519 g/mol. The summed E-state index contributed by atoms with van der Waals surface area (Å²) in [5.74, 6) is -0.406. The molecule has 7 nitrogen and oxygen atoms in total. The molecule has 0 spiro atoms. The van der Waals surface area contributed by atoms with Gasteiger partial charge >= 0.3 is 5.63 Å². The molecular weight excluding hydrogens is 495 g/mol. The third kappa shape index (κ3) is 4.90. The lowest BCUT2D eigenvalue weighted by molar-refractivity contribution is 0.0944. The lowest BCUT2D eigenvalue weighted by Crippen LogP contribution is -2.48. The van der Waals surface area contributed by atoms with E-state index in [9.17, 15) is 9.59 Å². The van der Waals surface area contributed by atoms with Gasteiger partial charge in [0.2, 0.25) is 0 Å². The second-order valence-corrected chi connectivity index (χ2v) is 9.50. The van der Waals surface area contributed by atoms with E-state index in [2.05, 4.69) is 15.1 Å². The first-order chi connectivity index (χ1) is 16.0. The van der Waals surface area contributed by atoms with Crippen LogP contribution in [0.4, 0.5) is 5.13 Å². The van der Waals surface area contributed by atoms with Gasteiger partial charge in [0.25, 0.3) is 5.91 Å². The summed E-state index contributed by atoms with van der Waals surface area (Å²) in [4.78, 5) is 34.1. The first kappa shape index (κ1) is 24.5. The van der Waals surface area contributed by atoms with Crippen molar-refractivity contribution in [3.63, 3.8) is 0 Å². The number of fused-ring (bicyclic) bond motifs is 2. The maximum absolute atomic E-state index is 12.5. The average Bonchev–Trinajstić information content (AvgIpc) is 3.26. The molecule has 2 aromatic heterocycles. The van der Waals surface area contributed by atoms with Crippen LogP contribution in [0.2, 0.25) is 5.02 Å². The highest BCUT2D eigenvalue weighted by Crippen LogP contribution is 2.33. The van der Waals surface area contributed by atoms with Crippen LogP contribution in [0.25, 0.3) is 21.2 Å². The molecule has 5 rings (SSSR count). The first-order valence-corrected chi connectivity index (χ1v) is 12.0. The SMILES string of the molecule is Cc1c(Cl)ccc2sc(N3CCN(CCNC(=O)c4cc5ccccc5oc4=O)CC3)nc12.Cl. The van der Waals surface area contributed by atoms with Crippen LogP contribution in [-0.4, -0.2) is 55.1 Å². The molecule has 3 heterocycles. The van der Waals surface area contributed by atoms with E-state index in [1.807, 2.05) is 31.2 Å². The van der Waals surface area contributed by atoms with E-state index < -0.39 is 11.5 Å². The van der Waals surface area contributed by atoms with Crippen molar-refractivity contribution < 1.29 is 9.21 Å². The molecule has 0 radical (unpaired) electrons. The molecule has 1 amide bonds. The molecule has 1 aliphatic heterocycles. The zero-order chi connectivity index (χ0) is 22.9. The highest BCUT2D eigenvalue weighted by atomic mass is 35.5. The van der Waals surface area contributed by atoms with E-state index in [-0.39, 0.29) is 18.0 Å². The number of amides is 1. The van der Waals surface area contributed by atoms with Crippen LogP contribution < -0.4 is 15.8 Å². The molecule has 0 bridgehead atoms. The lowest BCUT2D eigenvalue weighted by Gasteiger charge is -2.34. The van der Waals surface area contributed by atoms with Gasteiger partial charge in [-0.05, 0) is 36.8 Å². The van der Waals surface area contributed by atoms with Crippen molar-refractivity contribution in [3.05, 3.63) is 69.0 Å². The second kappa shape index (κ2) is 10.3. The fourth-order valence-corrected chi connectivity index (χ4v) is 5.26. The van der Waals surface area contributed by atoms with Crippen LogP contribution >= 0.6 is 35.3 Å². The number of rotatable bonds is 5. The Morgan fingerprint density at radius 1 is 1.18 bits per heavy atom. The minimum absolute atomic E-state index is 0. The highest BCUT2D eigenvalue weighted by Gasteiger charge is 2.21. The summed E-state index contributed by atoms with van der Waals surface area (Å²) in [7, 11) is 0. The monoisotopic (exact) mass is 518 g/mol. The van der Waals surface area contributed by atoms with E-state index >= 15 is 0 Å². The highest BCUT2D eigenvalue weighted by molar-refractivity contribution is 7.22. The molecule has 10 heteroatoms. The molecule has 1 aliphatic rings. The molecule has 4 aromatic rings. The summed E-state index contributed by atoms with van der Waals surface area (Å²) in [5.41, 5.74) is 1.89. The van der Waals surface area contributed by atoms with Gasteiger partial charge in [0, 0.05) is 49.7 Å². The molecule has 0 unspecified atom stereocenters. The Morgan fingerprint density at radius 3 is 2.74 bits per heavy atom. The number of halogens is 2. The molecule has 1 fully saturated rings. The number of para-hydroxylation sites is 1. The summed E-state index contributed by atoms with van der Waals surface area (Å²) >= 11 is 7.93. The Morgan fingerprint density at radius 2 is 1.94 bits per heavy atom. The van der Waals surface area contributed by atoms with Crippen LogP contribution in [-0.2, 0) is 0 Å². The molecule has 2 aromatic carbocycles. The lowest BCUT2D eigenvalue weighted by atomic mass is 10.2. The van der Waals surface area contributed by atoms with Crippen LogP contribution in [0.3, 0.4) is 0 Å². The Hall–Kier alpha value is -2.65. The van der Waals surface area contributed by atoms with E-state index in [0.717, 1.165) is 57.5 Å². The molecule has 0 aliphatic carbocycles. The van der Waals surface area contributed by atoms with E-state index in [0.29, 0.717) is 18.7 Å². The Balaban J connectivity index is 0.00000274. The number of aromatic nitrogens is 1. The van der Waals surface area contributed by atoms with E-state index in [4.69, 9.17) is 21.0 Å². The standard InChI is InChI=1S/C24H23ClN4O3S.ClH/c1-15-18(25)6-7-20-21(15)27-24(33-20)29-12-10-28(11-13-29)9-8-26-22(30)17-14-16-4-2-3-5-19(16)32-23(17)31;/h2-7,14H,8-13H2,1H3,(H,26,30);1H. The van der Waals surface area contributed by atoms with Crippen LogP contribution in [0.15, 0.2) is 51.7 Å². The fraction of sp³-hybridized carbons (Fsp3) is 0.292. The van der Waals surface area contributed by atoms with Crippen molar-refractivity contribution in [1.29, 1.82) is 0 Å². The largest absolute Gasteiger partial charge is 0.422 e. The third-order valence-corrected chi connectivity index (χ3v) is 7.47. The van der Waals surface area contributed by atoms with Gasteiger partial charge < -0.3 is 14.6 Å². The number of thiazole rings is 1. The molecule has 1 saturated heterocycles. The van der Waals surface area contributed by atoms with Crippen molar-refractivity contribution in [1.82, 2.24) is 15.2 Å². The van der Waals surface area contributed by atoms with Gasteiger partial charge in [0.1, 0.15) is 11.1 Å². The van der Waals surface area contributed by atoms with Crippen LogP contribution in [0, 0.1) is 6.92 Å². The third-order valence-electron chi connectivity index (χ3n) is 5.98. The van der Waals surface area contributed by atoms with Crippen LogP contribution in [0.5, 0.6) is 0 Å². The van der Waals surface area contributed by atoms with Crippen LogP contribution in [0.1, 0.15) is 15.9 Å². The van der Waals surface area contributed by atoms with Gasteiger partial charge in [0.15, 0.2) is 5.13 Å². The van der Waals surface area contributed by atoms with E-state index in [1.54, 1.807) is 29.5 Å². The zero-order valence-electron chi connectivity index (χ0n) is 18.5. The Labute approximate surface area is 211 Å². The maximum Gasteiger partial charge on any atom is 0.349 e. The summed E-state index contributed by atoms with van der Waals surface area (Å²) in [6.07, 6.45) is 0. The van der Waals surface area contributed by atoms with Crippen molar-refractivity contribution in [2.45, 2.75) is 6.92 Å². The van der Waals surface area contributed by atoms with Crippen molar-refractivity contribution in [3.8, 4) is 0 Å². The summed E-state index contributed by atoms with van der Waals surface area (Å²) in [5, 5.41) is 5.34. The quantitative estimate of drug-likeness (QED) is 0.396. The van der Waals surface area contributed by atoms with Crippen molar-refractivity contribution >= 4 is 67.6 Å². The number of carbonyl (C=O) groups excluding carboxylic acids is 1. The number of hydrogen-bond acceptors (Lipinski definition) is 7. The van der Waals surface area contributed by atoms with Gasteiger partial charge in [-0.25, -0.2) is 9.78 Å². The number of benzene rings is 2. The Kier molecular flexibility index (Phi) is 7.42. The molecule has 0 atom stereocenters. The second-order valence-electron chi connectivity index (χ2n) is 8.09. The summed E-state index contributed by atoms with van der Waals surface area (Å²) in [6, 6.07) is 12.7. The van der Waals surface area contributed by atoms with Gasteiger partial charge in [-0.15, -0.1) is 12.4 Å². The smallest absolute Gasteiger partial charge is 0.349 e. The number of piperazine rings is 1. The molecule has 0 saturated carbocycles. The van der Waals surface area contributed by atoms with Crippen molar-refractivity contribution in [2.24, 2.45) is 0 Å². The number of aryl methyl sites for hydroxylation is 1. The minimum atomic E-state index is -0.618. The molecule has 178 valence electrons. The number of nitrogens with one attached hydrogen (secondary N) is 1. The number of carbonyl (C=O) groups is 1. The van der Waals surface area contributed by atoms with Gasteiger partial charge in [-0.1, -0.05) is 41.1 Å². The number of hydrogen-bond donors (Lipinski definition) is 1. The summed E-state index contributed by atoms with van der Waals surface area (Å²) < 4.78 is 6.40. The predicted molar refractivity (Wildman–Crippen MR) is 140 cm³/mol. The molecular formula is C24H24Cl2N4O3S. The maximum atomic E-state index is 12.5. The van der Waals surface area contributed by atoms with Gasteiger partial charge in [-0.2, -0.15) is 0 Å². The first-order valence-electron chi connectivity index (χ1n) is 10.8. The number of anilines is 1.